The molecule has 0 saturated heterocycles. The molecule has 0 aromatic carbocycles. The van der Waals surface area contributed by atoms with Gasteiger partial charge < -0.3 is 16.4 Å². The molecule has 0 aliphatic heterocycles. The minimum atomic E-state index is 0.0324. The van der Waals surface area contributed by atoms with E-state index in [1.165, 1.54) is 0 Å². The molecule has 1 aromatic heterocycles. The van der Waals surface area contributed by atoms with E-state index in [2.05, 4.69) is 15.7 Å². The Morgan fingerprint density at radius 3 is 2.65 bits per heavy atom. The third-order valence-electron chi connectivity index (χ3n) is 2.36. The van der Waals surface area contributed by atoms with Crippen molar-refractivity contribution in [1.82, 2.24) is 15.1 Å². The molecular weight excluding hydrogens is 218 g/mol. The first-order valence-electron chi connectivity index (χ1n) is 5.74. The standard InChI is InChI=1S/C11H21N5O/c1-7(2)14-9(17)5-6-13-11-10(12)8(3)15-16(11)4/h7,13H,5-6,12H2,1-4H3,(H,14,17). The average molecular weight is 239 g/mol. The van der Waals surface area contributed by atoms with Crippen LogP contribution in [0.3, 0.4) is 0 Å². The molecular formula is C11H21N5O. The van der Waals surface area contributed by atoms with Gasteiger partial charge in [-0.1, -0.05) is 0 Å². The number of amides is 1. The summed E-state index contributed by atoms with van der Waals surface area (Å²) in [5.74, 6) is 0.796. The fourth-order valence-electron chi connectivity index (χ4n) is 1.57. The average Bonchev–Trinajstić information content (AvgIpc) is 2.43. The molecule has 0 fully saturated rings. The van der Waals surface area contributed by atoms with Crippen molar-refractivity contribution in [3.8, 4) is 0 Å². The number of nitrogen functional groups attached to an aromatic ring is 1. The predicted octanol–water partition coefficient (Wildman–Crippen LogP) is 0.637. The van der Waals surface area contributed by atoms with Gasteiger partial charge in [0.15, 0.2) is 0 Å². The largest absolute Gasteiger partial charge is 0.394 e. The zero-order valence-electron chi connectivity index (χ0n) is 10.9. The quantitative estimate of drug-likeness (QED) is 0.704. The summed E-state index contributed by atoms with van der Waals surface area (Å²) in [5.41, 5.74) is 7.28. The summed E-state index contributed by atoms with van der Waals surface area (Å²) < 4.78 is 1.69. The summed E-state index contributed by atoms with van der Waals surface area (Å²) >= 11 is 0. The smallest absolute Gasteiger partial charge is 0.221 e. The van der Waals surface area contributed by atoms with Crippen LogP contribution in [0.25, 0.3) is 0 Å². The van der Waals surface area contributed by atoms with Gasteiger partial charge in [-0.15, -0.1) is 0 Å². The second-order valence-corrected chi connectivity index (χ2v) is 4.37. The predicted molar refractivity (Wildman–Crippen MR) is 68.7 cm³/mol. The van der Waals surface area contributed by atoms with E-state index >= 15 is 0 Å². The van der Waals surface area contributed by atoms with Gasteiger partial charge in [0.1, 0.15) is 5.82 Å². The molecule has 4 N–H and O–H groups in total. The second-order valence-electron chi connectivity index (χ2n) is 4.37. The SMILES string of the molecule is Cc1nn(C)c(NCCC(=O)NC(C)C)c1N. The first-order chi connectivity index (χ1) is 7.91. The number of hydrogen-bond donors (Lipinski definition) is 3. The van der Waals surface area contributed by atoms with Crippen molar-refractivity contribution in [1.29, 1.82) is 0 Å². The van der Waals surface area contributed by atoms with Crippen LogP contribution in [0.2, 0.25) is 0 Å². The Labute approximate surface area is 102 Å². The Bertz CT molecular complexity index is 397. The lowest BCUT2D eigenvalue weighted by atomic mass is 10.3. The van der Waals surface area contributed by atoms with Gasteiger partial charge in [0, 0.05) is 26.1 Å². The number of carbonyl (C=O) groups excluding carboxylic acids is 1. The molecule has 0 atom stereocenters. The maximum absolute atomic E-state index is 11.4. The molecule has 0 aliphatic rings. The van der Waals surface area contributed by atoms with Crippen LogP contribution in [0.5, 0.6) is 0 Å². The molecule has 1 rings (SSSR count). The molecule has 1 amide bonds. The first-order valence-corrected chi connectivity index (χ1v) is 5.74. The highest BCUT2D eigenvalue weighted by Gasteiger charge is 2.10. The number of nitrogens with two attached hydrogens (primary N) is 1. The molecule has 0 bridgehead atoms. The van der Waals surface area contributed by atoms with E-state index in [4.69, 9.17) is 5.73 Å². The van der Waals surface area contributed by atoms with E-state index in [0.717, 1.165) is 11.5 Å². The Kier molecular flexibility index (Phi) is 4.37. The third kappa shape index (κ3) is 3.65. The molecule has 96 valence electrons. The van der Waals surface area contributed by atoms with Gasteiger partial charge in [-0.3, -0.25) is 9.48 Å². The summed E-state index contributed by atoms with van der Waals surface area (Å²) in [6.45, 7) is 6.27. The van der Waals surface area contributed by atoms with E-state index < -0.39 is 0 Å². The fraction of sp³-hybridized carbons (Fsp3) is 0.636. The maximum Gasteiger partial charge on any atom is 0.221 e. The molecule has 0 saturated carbocycles. The molecule has 17 heavy (non-hydrogen) atoms. The number of hydrogen-bond acceptors (Lipinski definition) is 4. The van der Waals surface area contributed by atoms with Crippen LogP contribution in [0.4, 0.5) is 11.5 Å². The molecule has 6 heteroatoms. The molecule has 1 aromatic rings. The lowest BCUT2D eigenvalue weighted by Crippen LogP contribution is -2.31. The monoisotopic (exact) mass is 239 g/mol. The minimum absolute atomic E-state index is 0.0324. The van der Waals surface area contributed by atoms with Crippen molar-refractivity contribution in [2.45, 2.75) is 33.2 Å². The minimum Gasteiger partial charge on any atom is -0.394 e. The molecule has 1 heterocycles. The highest BCUT2D eigenvalue weighted by molar-refractivity contribution is 5.77. The van der Waals surface area contributed by atoms with Gasteiger partial charge >= 0.3 is 0 Å². The number of aromatic nitrogens is 2. The van der Waals surface area contributed by atoms with E-state index in [1.807, 2.05) is 27.8 Å². The topological polar surface area (TPSA) is 85.0 Å². The van der Waals surface area contributed by atoms with Crippen LogP contribution < -0.4 is 16.4 Å². The Morgan fingerprint density at radius 2 is 2.18 bits per heavy atom. The maximum atomic E-state index is 11.4. The van der Waals surface area contributed by atoms with Crippen molar-refractivity contribution in [2.24, 2.45) is 7.05 Å². The van der Waals surface area contributed by atoms with Crippen molar-refractivity contribution < 1.29 is 4.79 Å². The molecule has 0 unspecified atom stereocenters. The summed E-state index contributed by atoms with van der Waals surface area (Å²) in [6.07, 6.45) is 0.418. The van der Waals surface area contributed by atoms with Gasteiger partial charge in [0.05, 0.1) is 11.4 Å². The Balaban J connectivity index is 2.43. The van der Waals surface area contributed by atoms with Crippen LogP contribution in [0.1, 0.15) is 26.0 Å². The summed E-state index contributed by atoms with van der Waals surface area (Å²) in [7, 11) is 1.82. The van der Waals surface area contributed by atoms with Crippen LogP contribution >= 0.6 is 0 Å². The zero-order valence-corrected chi connectivity index (χ0v) is 10.9. The van der Waals surface area contributed by atoms with Crippen molar-refractivity contribution in [2.75, 3.05) is 17.6 Å². The van der Waals surface area contributed by atoms with Crippen molar-refractivity contribution in [3.05, 3.63) is 5.69 Å². The van der Waals surface area contributed by atoms with Gasteiger partial charge in [-0.05, 0) is 20.8 Å². The molecule has 0 aliphatic carbocycles. The number of nitrogens with one attached hydrogen (secondary N) is 2. The van der Waals surface area contributed by atoms with Gasteiger partial charge in [0.25, 0.3) is 0 Å². The Hall–Kier alpha value is -1.72. The first kappa shape index (κ1) is 13.3. The third-order valence-corrected chi connectivity index (χ3v) is 2.36. The second kappa shape index (κ2) is 5.56. The summed E-state index contributed by atoms with van der Waals surface area (Å²) in [4.78, 5) is 11.4. The molecule has 0 radical (unpaired) electrons. The van der Waals surface area contributed by atoms with Crippen LogP contribution in [0.15, 0.2) is 0 Å². The highest BCUT2D eigenvalue weighted by Crippen LogP contribution is 2.20. The zero-order chi connectivity index (χ0) is 13.0. The summed E-state index contributed by atoms with van der Waals surface area (Å²) in [5, 5.41) is 10.1. The molecule has 6 nitrogen and oxygen atoms in total. The number of nitrogens with zero attached hydrogens (tertiary/aromatic N) is 2. The number of aryl methyl sites for hydroxylation is 2. The Morgan fingerprint density at radius 1 is 1.53 bits per heavy atom. The van der Waals surface area contributed by atoms with Gasteiger partial charge in [0.2, 0.25) is 5.91 Å². The van der Waals surface area contributed by atoms with Crippen LogP contribution in [0, 0.1) is 6.92 Å². The number of carbonyl (C=O) groups is 1. The molecule has 0 spiro atoms. The fourth-order valence-corrected chi connectivity index (χ4v) is 1.57. The number of rotatable bonds is 5. The van der Waals surface area contributed by atoms with Crippen LogP contribution in [-0.2, 0) is 11.8 Å². The lowest BCUT2D eigenvalue weighted by molar-refractivity contribution is -0.121. The lowest BCUT2D eigenvalue weighted by Gasteiger charge is -2.10. The van der Waals surface area contributed by atoms with Crippen molar-refractivity contribution in [3.63, 3.8) is 0 Å². The van der Waals surface area contributed by atoms with Gasteiger partial charge in [-0.2, -0.15) is 5.10 Å². The van der Waals surface area contributed by atoms with E-state index in [-0.39, 0.29) is 11.9 Å². The number of anilines is 2. The normalized spacial score (nSPS) is 10.6. The van der Waals surface area contributed by atoms with E-state index in [0.29, 0.717) is 18.7 Å². The van der Waals surface area contributed by atoms with E-state index in [9.17, 15) is 4.79 Å². The highest BCUT2D eigenvalue weighted by atomic mass is 16.1. The summed E-state index contributed by atoms with van der Waals surface area (Å²) in [6, 6.07) is 0.173. The van der Waals surface area contributed by atoms with Gasteiger partial charge in [-0.25, -0.2) is 0 Å². The van der Waals surface area contributed by atoms with Crippen LogP contribution in [-0.4, -0.2) is 28.3 Å². The van der Waals surface area contributed by atoms with Crippen molar-refractivity contribution >= 4 is 17.4 Å². The van der Waals surface area contributed by atoms with E-state index in [1.54, 1.807) is 4.68 Å².